The van der Waals surface area contributed by atoms with Gasteiger partial charge in [0.15, 0.2) is 0 Å². The average molecular weight is 247 g/mol. The molecule has 1 aromatic heterocycles. The molecule has 0 atom stereocenters. The van der Waals surface area contributed by atoms with Gasteiger partial charge in [0, 0.05) is 35.1 Å². The van der Waals surface area contributed by atoms with Crippen LogP contribution in [0.3, 0.4) is 0 Å². The third-order valence-electron chi connectivity index (χ3n) is 2.56. The Hall–Kier alpha value is -1.38. The van der Waals surface area contributed by atoms with Crippen LogP contribution in [0.15, 0.2) is 42.7 Å². The molecule has 0 aliphatic heterocycles. The Kier molecular flexibility index (Phi) is 4.13. The summed E-state index contributed by atoms with van der Waals surface area (Å²) in [5.41, 5.74) is 3.26. The fourth-order valence-corrected chi connectivity index (χ4v) is 1.94. The Morgan fingerprint density at radius 3 is 2.82 bits per heavy atom. The maximum Gasteiger partial charge on any atom is 0.0484 e. The first-order valence-corrected chi connectivity index (χ1v) is 6.08. The van der Waals surface area contributed by atoms with Gasteiger partial charge < -0.3 is 5.32 Å². The summed E-state index contributed by atoms with van der Waals surface area (Å²) in [6, 6.07) is 9.95. The number of aromatic nitrogens is 1. The van der Waals surface area contributed by atoms with Crippen LogP contribution in [-0.4, -0.2) is 11.5 Å². The topological polar surface area (TPSA) is 24.9 Å². The van der Waals surface area contributed by atoms with Gasteiger partial charge in [-0.2, -0.15) is 0 Å². The molecule has 0 bridgehead atoms. The van der Waals surface area contributed by atoms with Gasteiger partial charge in [-0.15, -0.1) is 0 Å². The highest BCUT2D eigenvalue weighted by atomic mass is 35.5. The van der Waals surface area contributed by atoms with Crippen molar-refractivity contribution in [1.29, 1.82) is 0 Å². The van der Waals surface area contributed by atoms with E-state index >= 15 is 0 Å². The summed E-state index contributed by atoms with van der Waals surface area (Å²) < 4.78 is 0. The maximum absolute atomic E-state index is 6.17. The second-order valence-corrected chi connectivity index (χ2v) is 4.25. The zero-order chi connectivity index (χ0) is 12.1. The standard InChI is InChI=1S/C14H15ClN2/c1-2-16-8-11-7-12(10-17-9-11)13-5-3-4-6-14(13)15/h3-7,9-10,16H,2,8H2,1H3. The summed E-state index contributed by atoms with van der Waals surface area (Å²) in [6.45, 7) is 3.88. The first kappa shape index (κ1) is 12.1. The summed E-state index contributed by atoms with van der Waals surface area (Å²) in [7, 11) is 0. The van der Waals surface area contributed by atoms with Gasteiger partial charge in [-0.05, 0) is 24.2 Å². The van der Waals surface area contributed by atoms with Gasteiger partial charge in [0.25, 0.3) is 0 Å². The van der Waals surface area contributed by atoms with E-state index in [1.165, 1.54) is 5.56 Å². The Morgan fingerprint density at radius 2 is 2.06 bits per heavy atom. The van der Waals surface area contributed by atoms with E-state index in [1.807, 2.05) is 36.7 Å². The molecule has 1 aromatic carbocycles. The first-order valence-electron chi connectivity index (χ1n) is 5.71. The maximum atomic E-state index is 6.17. The number of nitrogens with zero attached hydrogens (tertiary/aromatic N) is 1. The van der Waals surface area contributed by atoms with Crippen LogP contribution in [0.2, 0.25) is 5.02 Å². The van der Waals surface area contributed by atoms with Crippen LogP contribution < -0.4 is 5.32 Å². The minimum Gasteiger partial charge on any atom is -0.313 e. The lowest BCUT2D eigenvalue weighted by Gasteiger charge is -2.06. The van der Waals surface area contributed by atoms with Gasteiger partial charge in [0.1, 0.15) is 0 Å². The highest BCUT2D eigenvalue weighted by molar-refractivity contribution is 6.33. The van der Waals surface area contributed by atoms with E-state index in [-0.39, 0.29) is 0 Å². The molecular formula is C14H15ClN2. The number of hydrogen-bond donors (Lipinski definition) is 1. The predicted octanol–water partition coefficient (Wildman–Crippen LogP) is 3.51. The molecule has 0 saturated heterocycles. The van der Waals surface area contributed by atoms with Gasteiger partial charge in [0.05, 0.1) is 0 Å². The molecule has 88 valence electrons. The molecular weight excluding hydrogens is 232 g/mol. The van der Waals surface area contributed by atoms with Gasteiger partial charge in [-0.25, -0.2) is 0 Å². The second-order valence-electron chi connectivity index (χ2n) is 3.84. The smallest absolute Gasteiger partial charge is 0.0484 e. The number of pyridine rings is 1. The van der Waals surface area contributed by atoms with Gasteiger partial charge >= 0.3 is 0 Å². The van der Waals surface area contributed by atoms with Crippen molar-refractivity contribution >= 4 is 11.6 Å². The molecule has 0 saturated carbocycles. The largest absolute Gasteiger partial charge is 0.313 e. The van der Waals surface area contributed by atoms with Crippen molar-refractivity contribution in [3.05, 3.63) is 53.3 Å². The Morgan fingerprint density at radius 1 is 1.24 bits per heavy atom. The van der Waals surface area contributed by atoms with E-state index in [0.717, 1.165) is 29.2 Å². The number of rotatable bonds is 4. The van der Waals surface area contributed by atoms with Gasteiger partial charge in [-0.3, -0.25) is 4.98 Å². The van der Waals surface area contributed by atoms with Crippen LogP contribution in [0.5, 0.6) is 0 Å². The van der Waals surface area contributed by atoms with Gasteiger partial charge in [0.2, 0.25) is 0 Å². The quantitative estimate of drug-likeness (QED) is 0.893. The zero-order valence-electron chi connectivity index (χ0n) is 9.78. The summed E-state index contributed by atoms with van der Waals surface area (Å²) in [5.74, 6) is 0. The SMILES string of the molecule is CCNCc1cncc(-c2ccccc2Cl)c1. The van der Waals surface area contributed by atoms with E-state index in [0.29, 0.717) is 0 Å². The third kappa shape index (κ3) is 3.05. The fourth-order valence-electron chi connectivity index (χ4n) is 1.70. The molecule has 17 heavy (non-hydrogen) atoms. The Labute approximate surface area is 107 Å². The predicted molar refractivity (Wildman–Crippen MR) is 72.1 cm³/mol. The van der Waals surface area contributed by atoms with E-state index in [2.05, 4.69) is 23.3 Å². The van der Waals surface area contributed by atoms with Crippen molar-refractivity contribution in [3.63, 3.8) is 0 Å². The number of halogens is 1. The molecule has 0 aliphatic carbocycles. The Bertz CT molecular complexity index is 497. The van der Waals surface area contributed by atoms with Crippen molar-refractivity contribution in [2.45, 2.75) is 13.5 Å². The number of nitrogens with one attached hydrogen (secondary N) is 1. The highest BCUT2D eigenvalue weighted by Crippen LogP contribution is 2.27. The molecule has 0 aliphatic rings. The lowest BCUT2D eigenvalue weighted by Crippen LogP contribution is -2.11. The van der Waals surface area contributed by atoms with Crippen molar-refractivity contribution in [3.8, 4) is 11.1 Å². The van der Waals surface area contributed by atoms with E-state index < -0.39 is 0 Å². The molecule has 2 nitrogen and oxygen atoms in total. The van der Waals surface area contributed by atoms with E-state index in [1.54, 1.807) is 0 Å². The third-order valence-corrected chi connectivity index (χ3v) is 2.89. The fraction of sp³-hybridized carbons (Fsp3) is 0.214. The first-order chi connectivity index (χ1) is 8.31. The van der Waals surface area contributed by atoms with Crippen molar-refractivity contribution in [1.82, 2.24) is 10.3 Å². The lowest BCUT2D eigenvalue weighted by atomic mass is 10.1. The monoisotopic (exact) mass is 246 g/mol. The van der Waals surface area contributed by atoms with Crippen LogP contribution >= 0.6 is 11.6 Å². The lowest BCUT2D eigenvalue weighted by molar-refractivity contribution is 0.724. The summed E-state index contributed by atoms with van der Waals surface area (Å²) in [5, 5.41) is 4.04. The Balaban J connectivity index is 2.30. The van der Waals surface area contributed by atoms with Crippen molar-refractivity contribution in [2.75, 3.05) is 6.54 Å². The minimum absolute atomic E-state index is 0.759. The van der Waals surface area contributed by atoms with Gasteiger partial charge in [-0.1, -0.05) is 36.7 Å². The van der Waals surface area contributed by atoms with Crippen LogP contribution in [0, 0.1) is 0 Å². The molecule has 0 radical (unpaired) electrons. The van der Waals surface area contributed by atoms with Crippen LogP contribution in [0.25, 0.3) is 11.1 Å². The van der Waals surface area contributed by atoms with Crippen molar-refractivity contribution in [2.24, 2.45) is 0 Å². The molecule has 1 N–H and O–H groups in total. The molecule has 3 heteroatoms. The summed E-state index contributed by atoms with van der Waals surface area (Å²) in [6.07, 6.45) is 3.72. The molecule has 1 heterocycles. The molecule has 0 fully saturated rings. The average Bonchev–Trinajstić information content (AvgIpc) is 2.37. The van der Waals surface area contributed by atoms with Crippen LogP contribution in [0.1, 0.15) is 12.5 Å². The zero-order valence-corrected chi connectivity index (χ0v) is 10.5. The van der Waals surface area contributed by atoms with Crippen LogP contribution in [-0.2, 0) is 6.54 Å². The molecule has 2 aromatic rings. The normalized spacial score (nSPS) is 10.5. The van der Waals surface area contributed by atoms with Crippen LogP contribution in [0.4, 0.5) is 0 Å². The molecule has 0 amide bonds. The number of hydrogen-bond acceptors (Lipinski definition) is 2. The number of benzene rings is 1. The van der Waals surface area contributed by atoms with Crippen molar-refractivity contribution < 1.29 is 0 Å². The molecule has 2 rings (SSSR count). The van der Waals surface area contributed by atoms with E-state index in [4.69, 9.17) is 11.6 Å². The highest BCUT2D eigenvalue weighted by Gasteiger charge is 2.03. The molecule has 0 unspecified atom stereocenters. The summed E-state index contributed by atoms with van der Waals surface area (Å²) >= 11 is 6.17. The van der Waals surface area contributed by atoms with E-state index in [9.17, 15) is 0 Å². The minimum atomic E-state index is 0.759. The summed E-state index contributed by atoms with van der Waals surface area (Å²) in [4.78, 5) is 4.26. The molecule has 0 spiro atoms. The second kappa shape index (κ2) is 5.80.